The molecule has 2 aromatic heterocycles. The van der Waals surface area contributed by atoms with Crippen molar-refractivity contribution in [2.45, 2.75) is 56.0 Å². The van der Waals surface area contributed by atoms with Crippen molar-refractivity contribution in [2.75, 3.05) is 0 Å². The average molecular weight is 425 g/mol. The van der Waals surface area contributed by atoms with E-state index in [4.69, 9.17) is 0 Å². The Morgan fingerprint density at radius 2 is 2.00 bits per heavy atom. The zero-order chi connectivity index (χ0) is 21.0. The van der Waals surface area contributed by atoms with Crippen LogP contribution in [0.1, 0.15) is 49.3 Å². The maximum absolute atomic E-state index is 14.3. The Morgan fingerprint density at radius 1 is 1.23 bits per heavy atom. The number of nitriles is 1. The Balaban J connectivity index is 1.67. The summed E-state index contributed by atoms with van der Waals surface area (Å²) < 4.78 is 43.9. The summed E-state index contributed by atoms with van der Waals surface area (Å²) in [5.74, 6) is -0.350. The first-order valence-corrected chi connectivity index (χ1v) is 11.6. The molecular formula is C22H21FN4O2S. The van der Waals surface area contributed by atoms with Crippen LogP contribution in [0.5, 0.6) is 0 Å². The molecule has 2 heterocycles. The molecule has 30 heavy (non-hydrogen) atoms. The van der Waals surface area contributed by atoms with Crippen molar-refractivity contribution in [1.82, 2.24) is 14.3 Å². The van der Waals surface area contributed by atoms with Crippen molar-refractivity contribution in [2.24, 2.45) is 0 Å². The van der Waals surface area contributed by atoms with E-state index < -0.39 is 10.0 Å². The molecule has 1 aromatic carbocycles. The summed E-state index contributed by atoms with van der Waals surface area (Å²) in [6, 6.07) is 8.81. The highest BCUT2D eigenvalue weighted by molar-refractivity contribution is 7.89. The van der Waals surface area contributed by atoms with Gasteiger partial charge in [0.25, 0.3) is 0 Å². The normalized spacial score (nSPS) is 17.1. The second-order valence-corrected chi connectivity index (χ2v) is 9.90. The second kappa shape index (κ2) is 6.89. The lowest BCUT2D eigenvalue weighted by molar-refractivity contribution is 0.324. The van der Waals surface area contributed by atoms with Crippen molar-refractivity contribution >= 4 is 20.9 Å². The van der Waals surface area contributed by atoms with Gasteiger partial charge >= 0.3 is 0 Å². The highest BCUT2D eigenvalue weighted by atomic mass is 32.2. The van der Waals surface area contributed by atoms with Crippen LogP contribution in [0.15, 0.2) is 35.4 Å². The van der Waals surface area contributed by atoms with Crippen LogP contribution < -0.4 is 4.72 Å². The van der Waals surface area contributed by atoms with Gasteiger partial charge in [0.15, 0.2) is 0 Å². The Bertz CT molecular complexity index is 1300. The Hall–Kier alpha value is -2.76. The standard InChI is InChI=1S/C22H21FN4O2S/c1-13-9-21-17(10-19(13)23)18(11-24)22(27(21)15-3-2-4-15)20-8-7-16(12-25-20)30(28,29)26-14-5-6-14/h7-10,12,14-15,26H,2-6H2,1H3. The summed E-state index contributed by atoms with van der Waals surface area (Å²) in [5.41, 5.74) is 2.85. The number of aromatic nitrogens is 2. The van der Waals surface area contributed by atoms with Gasteiger partial charge in [-0.2, -0.15) is 5.26 Å². The van der Waals surface area contributed by atoms with Gasteiger partial charge in [-0.15, -0.1) is 0 Å². The van der Waals surface area contributed by atoms with Crippen LogP contribution in [-0.2, 0) is 10.0 Å². The number of hydrogen-bond acceptors (Lipinski definition) is 4. The number of aryl methyl sites for hydroxylation is 1. The van der Waals surface area contributed by atoms with E-state index in [2.05, 4.69) is 20.3 Å². The third-order valence-corrected chi connectivity index (χ3v) is 7.53. The fourth-order valence-corrected chi connectivity index (χ4v) is 5.24. The fraction of sp³-hybridized carbons (Fsp3) is 0.364. The molecular weight excluding hydrogens is 403 g/mol. The van der Waals surface area contributed by atoms with E-state index >= 15 is 0 Å². The van der Waals surface area contributed by atoms with Crippen LogP contribution in [0.25, 0.3) is 22.3 Å². The van der Waals surface area contributed by atoms with Crippen LogP contribution in [0, 0.1) is 24.1 Å². The monoisotopic (exact) mass is 424 g/mol. The third kappa shape index (κ3) is 3.09. The van der Waals surface area contributed by atoms with E-state index in [9.17, 15) is 18.1 Å². The second-order valence-electron chi connectivity index (χ2n) is 8.18. The topological polar surface area (TPSA) is 87.8 Å². The fourth-order valence-electron chi connectivity index (χ4n) is 3.99. The molecule has 0 saturated heterocycles. The first-order chi connectivity index (χ1) is 14.4. The third-order valence-electron chi connectivity index (χ3n) is 6.02. The Labute approximate surface area is 174 Å². The number of pyridine rings is 1. The number of fused-ring (bicyclic) bond motifs is 1. The van der Waals surface area contributed by atoms with Crippen LogP contribution in [-0.4, -0.2) is 24.0 Å². The van der Waals surface area contributed by atoms with E-state index in [0.29, 0.717) is 27.9 Å². The van der Waals surface area contributed by atoms with Crippen molar-refractivity contribution in [3.05, 3.63) is 47.4 Å². The molecule has 0 unspecified atom stereocenters. The summed E-state index contributed by atoms with van der Waals surface area (Å²) in [5, 5.41) is 10.5. The molecule has 5 rings (SSSR count). The van der Waals surface area contributed by atoms with Gasteiger partial charge in [-0.1, -0.05) is 0 Å². The summed E-state index contributed by atoms with van der Waals surface area (Å²) in [6.07, 6.45) is 6.10. The van der Waals surface area contributed by atoms with Gasteiger partial charge in [-0.3, -0.25) is 4.98 Å². The first kappa shape index (κ1) is 19.2. The van der Waals surface area contributed by atoms with Crippen molar-refractivity contribution in [3.8, 4) is 17.5 Å². The van der Waals surface area contributed by atoms with E-state index in [0.717, 1.165) is 37.6 Å². The van der Waals surface area contributed by atoms with Crippen LogP contribution in [0.2, 0.25) is 0 Å². The maximum atomic E-state index is 14.3. The van der Waals surface area contributed by atoms with Gasteiger partial charge in [0.05, 0.1) is 22.5 Å². The number of benzene rings is 1. The van der Waals surface area contributed by atoms with Gasteiger partial charge in [0, 0.05) is 23.7 Å². The first-order valence-electron chi connectivity index (χ1n) is 10.1. The van der Waals surface area contributed by atoms with Gasteiger partial charge in [0.1, 0.15) is 16.8 Å². The summed E-state index contributed by atoms with van der Waals surface area (Å²) in [6.45, 7) is 1.71. The van der Waals surface area contributed by atoms with Crippen molar-refractivity contribution in [1.29, 1.82) is 5.26 Å². The smallest absolute Gasteiger partial charge is 0.242 e. The molecule has 154 valence electrons. The molecule has 0 amide bonds. The van der Waals surface area contributed by atoms with Crippen LogP contribution in [0.3, 0.4) is 0 Å². The highest BCUT2D eigenvalue weighted by Gasteiger charge is 2.30. The SMILES string of the molecule is Cc1cc2c(cc1F)c(C#N)c(-c1ccc(S(=O)(=O)NC3CC3)cn1)n2C1CCC1. The molecule has 0 bridgehead atoms. The predicted molar refractivity (Wildman–Crippen MR) is 111 cm³/mol. The molecule has 6 nitrogen and oxygen atoms in total. The minimum Gasteiger partial charge on any atom is -0.335 e. The zero-order valence-corrected chi connectivity index (χ0v) is 17.3. The zero-order valence-electron chi connectivity index (χ0n) is 16.5. The van der Waals surface area contributed by atoms with Crippen LogP contribution >= 0.6 is 0 Å². The minimum absolute atomic E-state index is 0.0131. The number of hydrogen-bond donors (Lipinski definition) is 1. The molecule has 2 saturated carbocycles. The lowest BCUT2D eigenvalue weighted by Crippen LogP contribution is -2.25. The summed E-state index contributed by atoms with van der Waals surface area (Å²) in [7, 11) is -3.60. The molecule has 0 radical (unpaired) electrons. The van der Waals surface area contributed by atoms with E-state index in [1.54, 1.807) is 19.1 Å². The molecule has 0 atom stereocenters. The molecule has 8 heteroatoms. The van der Waals surface area contributed by atoms with Crippen molar-refractivity contribution < 1.29 is 12.8 Å². The molecule has 2 fully saturated rings. The number of nitrogens with zero attached hydrogens (tertiary/aromatic N) is 3. The summed E-state index contributed by atoms with van der Waals surface area (Å²) in [4.78, 5) is 4.51. The lowest BCUT2D eigenvalue weighted by Gasteiger charge is -2.30. The minimum atomic E-state index is -3.60. The molecule has 2 aliphatic rings. The molecule has 2 aliphatic carbocycles. The highest BCUT2D eigenvalue weighted by Crippen LogP contribution is 2.42. The van der Waals surface area contributed by atoms with Gasteiger partial charge in [0.2, 0.25) is 10.0 Å². The van der Waals surface area contributed by atoms with Crippen LogP contribution in [0.4, 0.5) is 4.39 Å². The Morgan fingerprint density at radius 3 is 2.57 bits per heavy atom. The predicted octanol–water partition coefficient (Wildman–Crippen LogP) is 4.19. The maximum Gasteiger partial charge on any atom is 0.242 e. The Kier molecular flexibility index (Phi) is 4.42. The number of halogens is 1. The number of sulfonamides is 1. The summed E-state index contributed by atoms with van der Waals surface area (Å²) >= 11 is 0. The molecule has 0 aliphatic heterocycles. The number of nitrogens with one attached hydrogen (secondary N) is 1. The van der Waals surface area contributed by atoms with Gasteiger partial charge in [-0.05, 0) is 68.9 Å². The lowest BCUT2D eigenvalue weighted by atomic mass is 9.92. The molecule has 3 aromatic rings. The molecule has 0 spiro atoms. The molecule has 1 N–H and O–H groups in total. The average Bonchev–Trinajstić information content (AvgIpc) is 3.43. The number of rotatable bonds is 5. The van der Waals surface area contributed by atoms with E-state index in [-0.39, 0.29) is 22.8 Å². The van der Waals surface area contributed by atoms with Crippen molar-refractivity contribution in [3.63, 3.8) is 0 Å². The largest absolute Gasteiger partial charge is 0.335 e. The van der Waals surface area contributed by atoms with E-state index in [1.165, 1.54) is 18.3 Å². The van der Waals surface area contributed by atoms with Gasteiger partial charge < -0.3 is 4.57 Å². The van der Waals surface area contributed by atoms with E-state index in [1.807, 2.05) is 0 Å². The van der Waals surface area contributed by atoms with Gasteiger partial charge in [-0.25, -0.2) is 17.5 Å². The quantitative estimate of drug-likeness (QED) is 0.665.